The van der Waals surface area contributed by atoms with Gasteiger partial charge in [-0.25, -0.2) is 14.8 Å². The van der Waals surface area contributed by atoms with Crippen LogP contribution >= 0.6 is 0 Å². The Morgan fingerprint density at radius 2 is 1.53 bits per heavy atom. The van der Waals surface area contributed by atoms with Crippen molar-refractivity contribution in [2.24, 2.45) is 0 Å². The third kappa shape index (κ3) is 7.69. The number of Topliss-reactive ketones (excluding diaryl/α,β-unsaturated/α-hetero) is 1. The van der Waals surface area contributed by atoms with E-state index in [4.69, 9.17) is 4.74 Å². The Hall–Kier alpha value is -2.56. The fourth-order valence-electron chi connectivity index (χ4n) is 3.24. The molecule has 0 spiro atoms. The number of benzene rings is 1. The fourth-order valence-corrected chi connectivity index (χ4v) is 3.24. The fraction of sp³-hybridized carbons (Fsp3) is 0.520. The number of esters is 1. The number of nitrogens with zero attached hydrogens (tertiary/aromatic N) is 2. The first kappa shape index (κ1) is 23.7. The Balaban J connectivity index is 1.86. The summed E-state index contributed by atoms with van der Waals surface area (Å²) in [5.41, 5.74) is 2.41. The van der Waals surface area contributed by atoms with Crippen LogP contribution in [-0.2, 0) is 16.0 Å². The SMILES string of the molecule is CCCCCCCCc1cnc(-c2ccc(C(=O)OC(C)C(=O)CCC)cc2)nc1. The molecule has 5 nitrogen and oxygen atoms in total. The number of ketones is 1. The molecule has 2 aromatic rings. The first-order chi connectivity index (χ1) is 14.5. The van der Waals surface area contributed by atoms with E-state index in [2.05, 4.69) is 16.9 Å². The molecule has 1 heterocycles. The molecule has 0 aliphatic carbocycles. The smallest absolute Gasteiger partial charge is 0.338 e. The monoisotopic (exact) mass is 410 g/mol. The summed E-state index contributed by atoms with van der Waals surface area (Å²) in [5, 5.41) is 0. The maximum atomic E-state index is 12.2. The highest BCUT2D eigenvalue weighted by atomic mass is 16.5. The van der Waals surface area contributed by atoms with Crippen molar-refractivity contribution in [1.82, 2.24) is 9.97 Å². The number of hydrogen-bond acceptors (Lipinski definition) is 5. The highest BCUT2D eigenvalue weighted by Gasteiger charge is 2.18. The second-order valence-electron chi connectivity index (χ2n) is 7.77. The molecule has 0 N–H and O–H groups in total. The standard InChI is InChI=1S/C25H34N2O3/c1-4-6-7-8-9-10-12-20-17-26-24(27-18-20)21-13-15-22(16-14-21)25(29)30-19(3)23(28)11-5-2/h13-19H,4-12H2,1-3H3. The van der Waals surface area contributed by atoms with Gasteiger partial charge in [0.1, 0.15) is 0 Å². The molecule has 2 rings (SSSR count). The Bertz CT molecular complexity index is 785. The zero-order valence-corrected chi connectivity index (χ0v) is 18.5. The average Bonchev–Trinajstić information content (AvgIpc) is 2.77. The third-order valence-corrected chi connectivity index (χ3v) is 5.14. The molecular weight excluding hydrogens is 376 g/mol. The van der Waals surface area contributed by atoms with Crippen LogP contribution in [0, 0.1) is 0 Å². The van der Waals surface area contributed by atoms with E-state index >= 15 is 0 Å². The van der Waals surface area contributed by atoms with Gasteiger partial charge in [-0.3, -0.25) is 4.79 Å². The predicted molar refractivity (Wildman–Crippen MR) is 119 cm³/mol. The van der Waals surface area contributed by atoms with Crippen molar-refractivity contribution in [2.45, 2.75) is 84.7 Å². The minimum Gasteiger partial charge on any atom is -0.451 e. The minimum absolute atomic E-state index is 0.0584. The number of aryl methyl sites for hydroxylation is 1. The number of rotatable bonds is 13. The van der Waals surface area contributed by atoms with Gasteiger partial charge in [-0.15, -0.1) is 0 Å². The molecule has 0 radical (unpaired) electrons. The molecule has 0 bridgehead atoms. The van der Waals surface area contributed by atoms with E-state index in [1.807, 2.05) is 19.3 Å². The Morgan fingerprint density at radius 3 is 2.17 bits per heavy atom. The van der Waals surface area contributed by atoms with Gasteiger partial charge < -0.3 is 4.74 Å². The lowest BCUT2D eigenvalue weighted by Crippen LogP contribution is -2.24. The summed E-state index contributed by atoms with van der Waals surface area (Å²) in [6, 6.07) is 6.97. The second-order valence-corrected chi connectivity index (χ2v) is 7.77. The van der Waals surface area contributed by atoms with Crippen LogP contribution in [0.3, 0.4) is 0 Å². The predicted octanol–water partition coefficient (Wildman–Crippen LogP) is 5.96. The molecular formula is C25H34N2O3. The molecule has 5 heteroatoms. The van der Waals surface area contributed by atoms with Crippen LogP contribution in [-0.4, -0.2) is 27.8 Å². The zero-order chi connectivity index (χ0) is 21.8. The maximum Gasteiger partial charge on any atom is 0.338 e. The number of aromatic nitrogens is 2. The van der Waals surface area contributed by atoms with Crippen molar-refractivity contribution < 1.29 is 14.3 Å². The highest BCUT2D eigenvalue weighted by Crippen LogP contribution is 2.17. The van der Waals surface area contributed by atoms with E-state index in [1.165, 1.54) is 38.5 Å². The van der Waals surface area contributed by atoms with Crippen molar-refractivity contribution in [2.75, 3.05) is 0 Å². The van der Waals surface area contributed by atoms with Gasteiger partial charge in [-0.1, -0.05) is 58.1 Å². The Morgan fingerprint density at radius 1 is 0.900 bits per heavy atom. The number of carbonyl (C=O) groups excluding carboxylic acids is 2. The molecule has 0 amide bonds. The van der Waals surface area contributed by atoms with Crippen LogP contribution < -0.4 is 0 Å². The van der Waals surface area contributed by atoms with Gasteiger partial charge in [0, 0.05) is 24.4 Å². The van der Waals surface area contributed by atoms with Crippen molar-refractivity contribution in [3.05, 3.63) is 47.8 Å². The quantitative estimate of drug-likeness (QED) is 0.301. The molecule has 30 heavy (non-hydrogen) atoms. The van der Waals surface area contributed by atoms with Crippen LogP contribution in [0.5, 0.6) is 0 Å². The second kappa shape index (κ2) is 12.9. The molecule has 0 aliphatic heterocycles. The number of carbonyl (C=O) groups is 2. The van der Waals surface area contributed by atoms with Crippen molar-refractivity contribution in [3.8, 4) is 11.4 Å². The minimum atomic E-state index is -0.723. The summed E-state index contributed by atoms with van der Waals surface area (Å²) < 4.78 is 5.26. The van der Waals surface area contributed by atoms with Gasteiger partial charge in [0.25, 0.3) is 0 Å². The Kier molecular flexibility index (Phi) is 10.2. The number of hydrogen-bond donors (Lipinski definition) is 0. The summed E-state index contributed by atoms with van der Waals surface area (Å²) in [6.07, 6.45) is 12.9. The van der Waals surface area contributed by atoms with Gasteiger partial charge in [-0.05, 0) is 43.9 Å². The molecule has 162 valence electrons. The molecule has 1 aromatic heterocycles. The number of ether oxygens (including phenoxy) is 1. The molecule has 0 fully saturated rings. The third-order valence-electron chi connectivity index (χ3n) is 5.14. The summed E-state index contributed by atoms with van der Waals surface area (Å²) >= 11 is 0. The first-order valence-corrected chi connectivity index (χ1v) is 11.2. The van der Waals surface area contributed by atoms with E-state index in [9.17, 15) is 9.59 Å². The summed E-state index contributed by atoms with van der Waals surface area (Å²) in [5.74, 6) is 0.0822. The lowest BCUT2D eigenvalue weighted by molar-refractivity contribution is -0.126. The van der Waals surface area contributed by atoms with Crippen LogP contribution in [0.2, 0.25) is 0 Å². The molecule has 1 aromatic carbocycles. The zero-order valence-electron chi connectivity index (χ0n) is 18.5. The van der Waals surface area contributed by atoms with Crippen molar-refractivity contribution >= 4 is 11.8 Å². The van der Waals surface area contributed by atoms with E-state index in [0.717, 1.165) is 24.0 Å². The maximum absolute atomic E-state index is 12.2. The van der Waals surface area contributed by atoms with Gasteiger partial charge in [0.2, 0.25) is 0 Å². The van der Waals surface area contributed by atoms with E-state index in [1.54, 1.807) is 31.2 Å². The molecule has 0 saturated heterocycles. The van der Waals surface area contributed by atoms with E-state index < -0.39 is 12.1 Å². The van der Waals surface area contributed by atoms with Crippen LogP contribution in [0.25, 0.3) is 11.4 Å². The van der Waals surface area contributed by atoms with Crippen LogP contribution in [0.15, 0.2) is 36.7 Å². The van der Waals surface area contributed by atoms with E-state index in [-0.39, 0.29) is 5.78 Å². The van der Waals surface area contributed by atoms with E-state index in [0.29, 0.717) is 17.8 Å². The molecule has 0 aliphatic rings. The average molecular weight is 411 g/mol. The topological polar surface area (TPSA) is 69.2 Å². The molecule has 1 atom stereocenters. The highest BCUT2D eigenvalue weighted by molar-refractivity contribution is 5.93. The lowest BCUT2D eigenvalue weighted by atomic mass is 10.1. The van der Waals surface area contributed by atoms with Gasteiger partial charge in [-0.2, -0.15) is 0 Å². The summed E-state index contributed by atoms with van der Waals surface area (Å²) in [4.78, 5) is 33.0. The molecule has 0 saturated carbocycles. The van der Waals surface area contributed by atoms with Gasteiger partial charge in [0.05, 0.1) is 5.56 Å². The first-order valence-electron chi connectivity index (χ1n) is 11.2. The van der Waals surface area contributed by atoms with Gasteiger partial charge >= 0.3 is 5.97 Å². The lowest BCUT2D eigenvalue weighted by Gasteiger charge is -2.12. The number of unbranched alkanes of at least 4 members (excludes halogenated alkanes) is 5. The van der Waals surface area contributed by atoms with Crippen LogP contribution in [0.4, 0.5) is 0 Å². The Labute approximate surface area is 180 Å². The summed E-state index contributed by atoms with van der Waals surface area (Å²) in [7, 11) is 0. The van der Waals surface area contributed by atoms with Crippen molar-refractivity contribution in [3.63, 3.8) is 0 Å². The van der Waals surface area contributed by atoms with Crippen molar-refractivity contribution in [1.29, 1.82) is 0 Å². The van der Waals surface area contributed by atoms with Gasteiger partial charge in [0.15, 0.2) is 17.7 Å². The largest absolute Gasteiger partial charge is 0.451 e. The van der Waals surface area contributed by atoms with Crippen LogP contribution in [0.1, 0.15) is 88.1 Å². The summed E-state index contributed by atoms with van der Waals surface area (Å²) in [6.45, 7) is 5.77. The molecule has 1 unspecified atom stereocenters. The normalized spacial score (nSPS) is 11.8.